The molecule has 1 unspecified atom stereocenters. The molecular weight excluding hydrogens is 244 g/mol. The van der Waals surface area contributed by atoms with E-state index in [1.54, 1.807) is 6.07 Å². The van der Waals surface area contributed by atoms with Crippen molar-refractivity contribution in [3.63, 3.8) is 0 Å². The van der Waals surface area contributed by atoms with Gasteiger partial charge in [0.15, 0.2) is 5.78 Å². The van der Waals surface area contributed by atoms with Crippen LogP contribution in [-0.2, 0) is 0 Å². The first-order valence-electron chi connectivity index (χ1n) is 6.87. The number of benzene rings is 1. The van der Waals surface area contributed by atoms with Crippen molar-refractivity contribution in [3.05, 3.63) is 34.3 Å². The van der Waals surface area contributed by atoms with Gasteiger partial charge in [-0.25, -0.2) is 0 Å². The van der Waals surface area contributed by atoms with Crippen molar-refractivity contribution in [2.24, 2.45) is 5.92 Å². The highest BCUT2D eigenvalue weighted by atomic mass is 35.5. The van der Waals surface area contributed by atoms with Gasteiger partial charge in [-0.05, 0) is 30.5 Å². The summed E-state index contributed by atoms with van der Waals surface area (Å²) in [5, 5.41) is 0.644. The van der Waals surface area contributed by atoms with Gasteiger partial charge in [-0.15, -0.1) is 0 Å². The lowest BCUT2D eigenvalue weighted by atomic mass is 9.90. The van der Waals surface area contributed by atoms with Gasteiger partial charge in [-0.3, -0.25) is 4.79 Å². The van der Waals surface area contributed by atoms with Crippen LogP contribution < -0.4 is 0 Å². The highest BCUT2D eigenvalue weighted by Gasteiger charge is 2.15. The highest BCUT2D eigenvalue weighted by molar-refractivity contribution is 6.31. The van der Waals surface area contributed by atoms with E-state index in [0.29, 0.717) is 17.4 Å². The molecular formula is C16H23ClO. The van der Waals surface area contributed by atoms with Gasteiger partial charge in [-0.1, -0.05) is 57.2 Å². The smallest absolute Gasteiger partial charge is 0.163 e. The molecule has 0 aliphatic rings. The molecule has 1 nitrogen and oxygen atoms in total. The summed E-state index contributed by atoms with van der Waals surface area (Å²) in [6, 6.07) is 5.55. The van der Waals surface area contributed by atoms with Crippen LogP contribution in [0.3, 0.4) is 0 Å². The zero-order valence-electron chi connectivity index (χ0n) is 11.6. The van der Waals surface area contributed by atoms with Crippen LogP contribution in [0.5, 0.6) is 0 Å². The first-order valence-corrected chi connectivity index (χ1v) is 7.25. The predicted molar refractivity (Wildman–Crippen MR) is 78.4 cm³/mol. The molecule has 0 heterocycles. The van der Waals surface area contributed by atoms with Crippen molar-refractivity contribution in [2.45, 2.75) is 52.9 Å². The topological polar surface area (TPSA) is 17.1 Å². The average molecular weight is 267 g/mol. The van der Waals surface area contributed by atoms with E-state index in [0.717, 1.165) is 24.0 Å². The summed E-state index contributed by atoms with van der Waals surface area (Å²) in [6.45, 7) is 6.32. The number of carbonyl (C=O) groups is 1. The van der Waals surface area contributed by atoms with Crippen molar-refractivity contribution in [3.8, 4) is 0 Å². The highest BCUT2D eigenvalue weighted by Crippen LogP contribution is 2.22. The van der Waals surface area contributed by atoms with E-state index in [4.69, 9.17) is 11.6 Å². The van der Waals surface area contributed by atoms with Crippen LogP contribution >= 0.6 is 11.6 Å². The molecule has 0 N–H and O–H groups in total. The molecule has 0 saturated carbocycles. The minimum absolute atomic E-state index is 0.234. The summed E-state index contributed by atoms with van der Waals surface area (Å²) >= 11 is 5.96. The molecule has 0 bridgehead atoms. The Hall–Kier alpha value is -0.820. The third kappa shape index (κ3) is 4.45. The maximum atomic E-state index is 12.3. The second-order valence-electron chi connectivity index (χ2n) is 5.00. The number of ketones is 1. The second-order valence-corrected chi connectivity index (χ2v) is 5.44. The molecule has 0 aliphatic heterocycles. The molecule has 0 amide bonds. The van der Waals surface area contributed by atoms with E-state index in [1.807, 2.05) is 19.1 Å². The number of halogens is 1. The van der Waals surface area contributed by atoms with Gasteiger partial charge in [0.25, 0.3) is 0 Å². The van der Waals surface area contributed by atoms with Crippen LogP contribution in [0.2, 0.25) is 5.02 Å². The van der Waals surface area contributed by atoms with E-state index < -0.39 is 0 Å². The van der Waals surface area contributed by atoms with Crippen LogP contribution in [0.15, 0.2) is 18.2 Å². The van der Waals surface area contributed by atoms with Crippen molar-refractivity contribution in [1.29, 1.82) is 0 Å². The summed E-state index contributed by atoms with van der Waals surface area (Å²) in [4.78, 5) is 12.3. The van der Waals surface area contributed by atoms with E-state index in [2.05, 4.69) is 13.8 Å². The summed E-state index contributed by atoms with van der Waals surface area (Å²) in [5.41, 5.74) is 1.81. The number of carbonyl (C=O) groups excluding carboxylic acids is 1. The largest absolute Gasteiger partial charge is 0.294 e. The molecule has 2 heteroatoms. The van der Waals surface area contributed by atoms with Crippen molar-refractivity contribution in [1.82, 2.24) is 0 Å². The van der Waals surface area contributed by atoms with Gasteiger partial charge in [0.05, 0.1) is 0 Å². The first-order chi connectivity index (χ1) is 8.58. The maximum Gasteiger partial charge on any atom is 0.163 e. The van der Waals surface area contributed by atoms with Gasteiger partial charge in [0.2, 0.25) is 0 Å². The fraction of sp³-hybridized carbons (Fsp3) is 0.562. The van der Waals surface area contributed by atoms with E-state index in [1.165, 1.54) is 12.8 Å². The molecule has 0 radical (unpaired) electrons. The quantitative estimate of drug-likeness (QED) is 0.601. The first kappa shape index (κ1) is 15.2. The lowest BCUT2D eigenvalue weighted by Crippen LogP contribution is -2.09. The molecule has 1 rings (SSSR count). The molecule has 0 saturated heterocycles. The maximum absolute atomic E-state index is 12.3. The SMILES string of the molecule is CCCCC(CC)CC(=O)c1cc(Cl)ccc1C. The summed E-state index contributed by atoms with van der Waals surface area (Å²) in [5.74, 6) is 0.744. The van der Waals surface area contributed by atoms with Gasteiger partial charge >= 0.3 is 0 Å². The monoisotopic (exact) mass is 266 g/mol. The van der Waals surface area contributed by atoms with Crippen LogP contribution in [0.4, 0.5) is 0 Å². The molecule has 0 aliphatic carbocycles. The molecule has 1 aromatic carbocycles. The Bertz CT molecular complexity index is 398. The van der Waals surface area contributed by atoms with E-state index >= 15 is 0 Å². The number of unbranched alkanes of at least 4 members (excludes halogenated alkanes) is 1. The third-order valence-corrected chi connectivity index (χ3v) is 3.75. The van der Waals surface area contributed by atoms with Crippen LogP contribution in [0.1, 0.15) is 61.9 Å². The van der Waals surface area contributed by atoms with Gasteiger partial charge in [-0.2, -0.15) is 0 Å². The Kier molecular flexibility index (Phi) is 6.42. The minimum Gasteiger partial charge on any atom is -0.294 e. The second kappa shape index (κ2) is 7.58. The van der Waals surface area contributed by atoms with Gasteiger partial charge < -0.3 is 0 Å². The van der Waals surface area contributed by atoms with Crippen molar-refractivity contribution in [2.75, 3.05) is 0 Å². The van der Waals surface area contributed by atoms with Crippen LogP contribution in [0, 0.1) is 12.8 Å². The van der Waals surface area contributed by atoms with Crippen LogP contribution in [-0.4, -0.2) is 5.78 Å². The number of hydrogen-bond acceptors (Lipinski definition) is 1. The predicted octanol–water partition coefficient (Wildman–Crippen LogP) is 5.44. The molecule has 100 valence electrons. The minimum atomic E-state index is 0.234. The molecule has 1 atom stereocenters. The fourth-order valence-corrected chi connectivity index (χ4v) is 2.38. The summed E-state index contributed by atoms with van der Waals surface area (Å²) < 4.78 is 0. The Morgan fingerprint density at radius 1 is 1.33 bits per heavy atom. The Morgan fingerprint density at radius 2 is 2.06 bits per heavy atom. The number of rotatable bonds is 7. The van der Waals surface area contributed by atoms with E-state index in [9.17, 15) is 4.79 Å². The van der Waals surface area contributed by atoms with Crippen molar-refractivity contribution < 1.29 is 4.79 Å². The zero-order valence-corrected chi connectivity index (χ0v) is 12.4. The molecule has 0 aromatic heterocycles. The summed E-state index contributed by atoms with van der Waals surface area (Å²) in [6.07, 6.45) is 5.28. The van der Waals surface area contributed by atoms with E-state index in [-0.39, 0.29) is 5.78 Å². The normalized spacial score (nSPS) is 12.4. The number of hydrogen-bond donors (Lipinski definition) is 0. The Labute approximate surface area is 116 Å². The molecule has 0 spiro atoms. The standard InChI is InChI=1S/C16H23ClO/c1-4-6-7-13(5-2)10-16(18)15-11-14(17)9-8-12(15)3/h8-9,11,13H,4-7,10H2,1-3H3. The Balaban J connectivity index is 2.71. The lowest BCUT2D eigenvalue weighted by Gasteiger charge is -2.14. The lowest BCUT2D eigenvalue weighted by molar-refractivity contribution is 0.0956. The number of Topliss-reactive ketones (excluding diaryl/α,β-unsaturated/α-hetero) is 1. The Morgan fingerprint density at radius 3 is 2.67 bits per heavy atom. The fourth-order valence-electron chi connectivity index (χ4n) is 2.21. The molecule has 1 aromatic rings. The third-order valence-electron chi connectivity index (χ3n) is 3.52. The van der Waals surface area contributed by atoms with Crippen LogP contribution in [0.25, 0.3) is 0 Å². The average Bonchev–Trinajstić information content (AvgIpc) is 2.37. The molecule has 18 heavy (non-hydrogen) atoms. The van der Waals surface area contributed by atoms with Crippen molar-refractivity contribution >= 4 is 17.4 Å². The summed E-state index contributed by atoms with van der Waals surface area (Å²) in [7, 11) is 0. The molecule has 0 fully saturated rings. The zero-order chi connectivity index (χ0) is 13.5. The van der Waals surface area contributed by atoms with Gasteiger partial charge in [0.1, 0.15) is 0 Å². The van der Waals surface area contributed by atoms with Gasteiger partial charge in [0, 0.05) is 17.0 Å². The number of aryl methyl sites for hydroxylation is 1.